The summed E-state index contributed by atoms with van der Waals surface area (Å²) < 4.78 is 21.7. The highest BCUT2D eigenvalue weighted by Crippen LogP contribution is 2.38. The van der Waals surface area contributed by atoms with E-state index in [4.69, 9.17) is 18.9 Å². The first-order valence-corrected chi connectivity index (χ1v) is 11.0. The quantitative estimate of drug-likeness (QED) is 0.609. The molecule has 1 N–H and O–H groups in total. The van der Waals surface area contributed by atoms with E-state index >= 15 is 0 Å². The maximum absolute atomic E-state index is 12.8. The van der Waals surface area contributed by atoms with Gasteiger partial charge in [-0.1, -0.05) is 30.3 Å². The summed E-state index contributed by atoms with van der Waals surface area (Å²) in [5.41, 5.74) is 2.15. The molecule has 0 radical (unpaired) electrons. The van der Waals surface area contributed by atoms with Gasteiger partial charge in [-0.15, -0.1) is 0 Å². The fourth-order valence-corrected chi connectivity index (χ4v) is 4.26. The van der Waals surface area contributed by atoms with Crippen molar-refractivity contribution in [2.75, 3.05) is 47.6 Å². The van der Waals surface area contributed by atoms with Gasteiger partial charge in [0, 0.05) is 25.6 Å². The van der Waals surface area contributed by atoms with Crippen LogP contribution in [0.4, 0.5) is 0 Å². The molecule has 2 aromatic carbocycles. The first-order valence-electron chi connectivity index (χ1n) is 11.0. The number of carbonyl (C=O) groups excluding carboxylic acids is 1. The lowest BCUT2D eigenvalue weighted by Gasteiger charge is -2.38. The average molecular weight is 443 g/mol. The minimum Gasteiger partial charge on any atom is -0.493 e. The third kappa shape index (κ3) is 5.93. The van der Waals surface area contributed by atoms with Crippen LogP contribution in [0.3, 0.4) is 0 Å². The highest BCUT2D eigenvalue weighted by molar-refractivity contribution is 5.76. The van der Waals surface area contributed by atoms with Crippen molar-refractivity contribution in [3.63, 3.8) is 0 Å². The van der Waals surface area contributed by atoms with Crippen LogP contribution in [0.25, 0.3) is 0 Å². The van der Waals surface area contributed by atoms with Gasteiger partial charge in [-0.05, 0) is 36.6 Å². The fourth-order valence-electron chi connectivity index (χ4n) is 4.26. The molecule has 1 amide bonds. The van der Waals surface area contributed by atoms with Crippen LogP contribution in [-0.4, -0.2) is 64.5 Å². The molecule has 0 aliphatic carbocycles. The highest BCUT2D eigenvalue weighted by Gasteiger charge is 2.28. The first kappa shape index (κ1) is 23.9. The Morgan fingerprint density at radius 2 is 1.66 bits per heavy atom. The molecule has 0 unspecified atom stereocenters. The van der Waals surface area contributed by atoms with Gasteiger partial charge < -0.3 is 24.3 Å². The topological polar surface area (TPSA) is 69.3 Å². The van der Waals surface area contributed by atoms with Gasteiger partial charge in [0.05, 0.1) is 40.6 Å². The molecular weight excluding hydrogens is 408 g/mol. The number of nitrogens with zero attached hydrogens (tertiary/aromatic N) is 1. The van der Waals surface area contributed by atoms with E-state index in [9.17, 15) is 4.79 Å². The van der Waals surface area contributed by atoms with Gasteiger partial charge >= 0.3 is 0 Å². The van der Waals surface area contributed by atoms with E-state index in [1.165, 1.54) is 5.56 Å². The number of hydrogen-bond donors (Lipinski definition) is 1. The van der Waals surface area contributed by atoms with Crippen LogP contribution >= 0.6 is 0 Å². The normalized spacial score (nSPS) is 16.1. The Hall–Kier alpha value is -2.77. The van der Waals surface area contributed by atoms with Gasteiger partial charge in [0.25, 0.3) is 0 Å². The van der Waals surface area contributed by atoms with E-state index < -0.39 is 0 Å². The van der Waals surface area contributed by atoms with Gasteiger partial charge in [0.2, 0.25) is 11.7 Å². The molecule has 2 atom stereocenters. The molecule has 174 valence electrons. The van der Waals surface area contributed by atoms with Crippen LogP contribution in [0.15, 0.2) is 42.5 Å². The van der Waals surface area contributed by atoms with Gasteiger partial charge in [0.1, 0.15) is 0 Å². The standard InChI is InChI=1S/C25H34N2O5/c1-18(24(20-8-6-5-7-9-20)27-12-14-32-15-13-27)26-23(28)11-10-19-16-21(29-2)25(31-4)22(17-19)30-3/h5-9,16-18,24H,10-15H2,1-4H3,(H,26,28)/t18-,24+/m1/s1. The molecule has 0 spiro atoms. The van der Waals surface area contributed by atoms with E-state index in [1.54, 1.807) is 21.3 Å². The molecule has 2 aromatic rings. The Labute approximate surface area is 190 Å². The van der Waals surface area contributed by atoms with Gasteiger partial charge in [0.15, 0.2) is 11.5 Å². The van der Waals surface area contributed by atoms with Crippen molar-refractivity contribution in [3.05, 3.63) is 53.6 Å². The molecule has 0 aromatic heterocycles. The smallest absolute Gasteiger partial charge is 0.220 e. The molecule has 1 heterocycles. The van der Waals surface area contributed by atoms with E-state index in [0.717, 1.165) is 18.7 Å². The largest absolute Gasteiger partial charge is 0.493 e. The second kappa shape index (κ2) is 11.7. The summed E-state index contributed by atoms with van der Waals surface area (Å²) >= 11 is 0. The number of hydrogen-bond acceptors (Lipinski definition) is 6. The number of morpholine rings is 1. The maximum Gasteiger partial charge on any atom is 0.220 e. The summed E-state index contributed by atoms with van der Waals surface area (Å²) in [5.74, 6) is 1.74. The van der Waals surface area contributed by atoms with Crippen molar-refractivity contribution in [1.82, 2.24) is 10.2 Å². The van der Waals surface area contributed by atoms with Crippen molar-refractivity contribution in [1.29, 1.82) is 0 Å². The summed E-state index contributed by atoms with van der Waals surface area (Å²) in [7, 11) is 4.75. The minimum atomic E-state index is -0.0389. The predicted octanol–water partition coefficient (Wildman–Crippen LogP) is 3.22. The Balaban J connectivity index is 1.66. The first-order chi connectivity index (χ1) is 15.6. The van der Waals surface area contributed by atoms with Gasteiger partial charge in [-0.3, -0.25) is 9.69 Å². The molecule has 0 saturated carbocycles. The molecule has 32 heavy (non-hydrogen) atoms. The predicted molar refractivity (Wildman–Crippen MR) is 124 cm³/mol. The number of amides is 1. The third-order valence-electron chi connectivity index (χ3n) is 5.81. The van der Waals surface area contributed by atoms with Crippen LogP contribution in [0.2, 0.25) is 0 Å². The van der Waals surface area contributed by atoms with Crippen LogP contribution in [0.1, 0.15) is 30.5 Å². The molecule has 7 heteroatoms. The van der Waals surface area contributed by atoms with Crippen molar-refractivity contribution in [2.24, 2.45) is 0 Å². The van der Waals surface area contributed by atoms with Crippen molar-refractivity contribution in [3.8, 4) is 17.2 Å². The zero-order chi connectivity index (χ0) is 22.9. The van der Waals surface area contributed by atoms with Crippen LogP contribution in [0, 0.1) is 0 Å². The Morgan fingerprint density at radius 3 is 2.22 bits per heavy atom. The van der Waals surface area contributed by atoms with Crippen LogP contribution < -0.4 is 19.5 Å². The third-order valence-corrected chi connectivity index (χ3v) is 5.81. The number of ether oxygens (including phenoxy) is 4. The molecule has 1 fully saturated rings. The molecule has 1 aliphatic rings. The molecule has 1 aliphatic heterocycles. The summed E-state index contributed by atoms with van der Waals surface area (Å²) in [4.78, 5) is 15.2. The lowest BCUT2D eigenvalue weighted by molar-refractivity contribution is -0.122. The van der Waals surface area contributed by atoms with Crippen molar-refractivity contribution in [2.45, 2.75) is 31.8 Å². The summed E-state index contributed by atoms with van der Waals surface area (Å²) in [5, 5.41) is 3.22. The zero-order valence-electron chi connectivity index (χ0n) is 19.4. The van der Waals surface area contributed by atoms with Crippen LogP contribution in [0.5, 0.6) is 17.2 Å². The van der Waals surface area contributed by atoms with E-state index in [0.29, 0.717) is 43.3 Å². The number of aryl methyl sites for hydroxylation is 1. The summed E-state index contributed by atoms with van der Waals surface area (Å²) in [6, 6.07) is 14.2. The second-order valence-electron chi connectivity index (χ2n) is 7.89. The molecule has 1 saturated heterocycles. The lowest BCUT2D eigenvalue weighted by Crippen LogP contribution is -2.48. The number of carbonyl (C=O) groups is 1. The number of methoxy groups -OCH3 is 3. The summed E-state index contributed by atoms with van der Waals surface area (Å²) in [6.45, 7) is 5.21. The monoisotopic (exact) mass is 442 g/mol. The molecular formula is C25H34N2O5. The summed E-state index contributed by atoms with van der Waals surface area (Å²) in [6.07, 6.45) is 0.941. The van der Waals surface area contributed by atoms with Gasteiger partial charge in [-0.25, -0.2) is 0 Å². The molecule has 3 rings (SSSR count). The zero-order valence-corrected chi connectivity index (χ0v) is 19.4. The fraction of sp³-hybridized carbons (Fsp3) is 0.480. The second-order valence-corrected chi connectivity index (χ2v) is 7.89. The van der Waals surface area contributed by atoms with E-state index in [2.05, 4.69) is 29.3 Å². The Morgan fingerprint density at radius 1 is 1.03 bits per heavy atom. The van der Waals surface area contributed by atoms with Crippen molar-refractivity contribution >= 4 is 5.91 Å². The minimum absolute atomic E-state index is 0.0143. The van der Waals surface area contributed by atoms with E-state index in [1.807, 2.05) is 30.3 Å². The van der Waals surface area contributed by atoms with E-state index in [-0.39, 0.29) is 18.0 Å². The van der Waals surface area contributed by atoms with Crippen molar-refractivity contribution < 1.29 is 23.7 Å². The highest BCUT2D eigenvalue weighted by atomic mass is 16.5. The molecule has 0 bridgehead atoms. The molecule has 7 nitrogen and oxygen atoms in total. The number of benzene rings is 2. The Bertz CT molecular complexity index is 843. The average Bonchev–Trinajstić information content (AvgIpc) is 2.83. The van der Waals surface area contributed by atoms with Gasteiger partial charge in [-0.2, -0.15) is 0 Å². The Kier molecular flexibility index (Phi) is 8.76. The van der Waals surface area contributed by atoms with Crippen LogP contribution in [-0.2, 0) is 16.0 Å². The SMILES string of the molecule is COc1cc(CCC(=O)N[C@H](C)[C@@H](c2ccccc2)N2CCOCC2)cc(OC)c1OC. The maximum atomic E-state index is 12.8. The lowest BCUT2D eigenvalue weighted by atomic mass is 9.97. The number of rotatable bonds is 10. The number of nitrogens with one attached hydrogen (secondary N) is 1.